The van der Waals surface area contributed by atoms with Crippen molar-refractivity contribution >= 4 is 11.7 Å². The Kier molecular flexibility index (Phi) is 5.05. The summed E-state index contributed by atoms with van der Waals surface area (Å²) in [4.78, 5) is 21.5. The van der Waals surface area contributed by atoms with Crippen LogP contribution in [0, 0.1) is 0 Å². The maximum absolute atomic E-state index is 11.4. The first kappa shape index (κ1) is 16.4. The molecule has 0 saturated carbocycles. The van der Waals surface area contributed by atoms with Crippen molar-refractivity contribution in [3.63, 3.8) is 0 Å². The maximum atomic E-state index is 11.4. The van der Waals surface area contributed by atoms with E-state index in [0.717, 1.165) is 0 Å². The molecule has 1 aromatic heterocycles. The van der Waals surface area contributed by atoms with Crippen LogP contribution in [0.15, 0.2) is 6.20 Å². The number of rotatable bonds is 6. The van der Waals surface area contributed by atoms with E-state index in [-0.39, 0.29) is 11.6 Å². The number of likely N-dealkylation sites (N-methyl/N-ethyl adjacent to an activating group) is 1. The van der Waals surface area contributed by atoms with Crippen molar-refractivity contribution in [2.75, 3.05) is 18.0 Å². The minimum absolute atomic E-state index is 0.0187. The Morgan fingerprint density at radius 3 is 2.45 bits per heavy atom. The van der Waals surface area contributed by atoms with Gasteiger partial charge in [-0.15, -0.1) is 0 Å². The summed E-state index contributed by atoms with van der Waals surface area (Å²) in [6.45, 7) is 9.96. The number of hydrogen-bond acceptors (Lipinski definition) is 5. The van der Waals surface area contributed by atoms with Crippen LogP contribution in [0.4, 0.5) is 5.69 Å². The molecule has 112 valence electrons. The summed E-state index contributed by atoms with van der Waals surface area (Å²) in [5.41, 5.74) is -0.510. The number of aromatic carboxylic acids is 1. The molecule has 1 rings (SSSR count). The van der Waals surface area contributed by atoms with Gasteiger partial charge >= 0.3 is 5.97 Å². The zero-order valence-electron chi connectivity index (χ0n) is 12.7. The average molecular weight is 281 g/mol. The highest BCUT2D eigenvalue weighted by atomic mass is 16.4. The zero-order chi connectivity index (χ0) is 15.5. The fourth-order valence-electron chi connectivity index (χ4n) is 1.89. The van der Waals surface area contributed by atoms with Gasteiger partial charge in [0.2, 0.25) is 0 Å². The van der Waals surface area contributed by atoms with Gasteiger partial charge in [-0.25, -0.2) is 14.8 Å². The third-order valence-corrected chi connectivity index (χ3v) is 2.81. The quantitative estimate of drug-likeness (QED) is 0.828. The maximum Gasteiger partial charge on any atom is 0.356 e. The summed E-state index contributed by atoms with van der Waals surface area (Å²) in [6, 6.07) is 0. The predicted octanol–water partition coefficient (Wildman–Crippen LogP) is 1.90. The molecule has 6 nitrogen and oxygen atoms in total. The molecular weight excluding hydrogens is 258 g/mol. The first-order chi connectivity index (χ1) is 9.15. The molecule has 2 N–H and O–H groups in total. The molecule has 20 heavy (non-hydrogen) atoms. The monoisotopic (exact) mass is 281 g/mol. The lowest BCUT2D eigenvalue weighted by molar-refractivity contribution is 0.0687. The molecule has 6 heteroatoms. The molecule has 0 aliphatic heterocycles. The number of anilines is 1. The molecule has 0 aliphatic rings. The highest BCUT2D eigenvalue weighted by molar-refractivity contribution is 5.92. The van der Waals surface area contributed by atoms with Crippen molar-refractivity contribution in [1.82, 2.24) is 9.97 Å². The summed E-state index contributed by atoms with van der Waals surface area (Å²) >= 11 is 0. The molecule has 0 amide bonds. The van der Waals surface area contributed by atoms with Crippen LogP contribution in [0.5, 0.6) is 0 Å². The number of carboxylic acids is 1. The van der Waals surface area contributed by atoms with Crippen LogP contribution in [0.25, 0.3) is 0 Å². The summed E-state index contributed by atoms with van der Waals surface area (Å²) in [6.07, 6.45) is 1.53. The number of aromatic nitrogens is 2. The molecule has 0 aromatic carbocycles. The van der Waals surface area contributed by atoms with Gasteiger partial charge in [0.25, 0.3) is 0 Å². The van der Waals surface area contributed by atoms with E-state index in [1.807, 2.05) is 20.8 Å². The Balaban J connectivity index is 3.24. The second-order valence-electron chi connectivity index (χ2n) is 5.75. The molecular formula is C14H23N3O3. The van der Waals surface area contributed by atoms with Crippen LogP contribution in [0.1, 0.15) is 56.8 Å². The van der Waals surface area contributed by atoms with Gasteiger partial charge in [0.1, 0.15) is 5.82 Å². The number of nitrogens with zero attached hydrogens (tertiary/aromatic N) is 3. The summed E-state index contributed by atoms with van der Waals surface area (Å²) < 4.78 is 0. The molecule has 0 aliphatic carbocycles. The second kappa shape index (κ2) is 6.17. The number of carboxylic acid groups (broad SMARTS) is 1. The molecule has 0 unspecified atom stereocenters. The van der Waals surface area contributed by atoms with Gasteiger partial charge in [0.05, 0.1) is 17.5 Å². The van der Waals surface area contributed by atoms with Crippen LogP contribution in [-0.4, -0.2) is 44.8 Å². The third-order valence-electron chi connectivity index (χ3n) is 2.81. The fourth-order valence-corrected chi connectivity index (χ4v) is 1.89. The van der Waals surface area contributed by atoms with Gasteiger partial charge in [-0.3, -0.25) is 0 Å². The van der Waals surface area contributed by atoms with E-state index in [0.29, 0.717) is 24.6 Å². The molecule has 1 aromatic rings. The van der Waals surface area contributed by atoms with E-state index in [2.05, 4.69) is 9.97 Å². The van der Waals surface area contributed by atoms with Crippen molar-refractivity contribution in [3.8, 4) is 0 Å². The van der Waals surface area contributed by atoms with Crippen molar-refractivity contribution in [2.24, 2.45) is 0 Å². The van der Waals surface area contributed by atoms with Gasteiger partial charge < -0.3 is 15.1 Å². The lowest BCUT2D eigenvalue weighted by Crippen LogP contribution is -2.39. The fraction of sp³-hybridized carbons (Fsp3) is 0.643. The first-order valence-electron chi connectivity index (χ1n) is 6.73. The lowest BCUT2D eigenvalue weighted by Gasteiger charge is -2.30. The standard InChI is InChI=1S/C14H23N3O3/c1-6-17(8-14(4,5)20)10-7-15-12(9(2)3)16-11(10)13(18)19/h7,9,20H,6,8H2,1-5H3,(H,18,19). The van der Waals surface area contributed by atoms with Gasteiger partial charge in [0.15, 0.2) is 5.69 Å². The Hall–Kier alpha value is -1.69. The Bertz CT molecular complexity index is 481. The summed E-state index contributed by atoms with van der Waals surface area (Å²) in [5.74, 6) is -0.518. The SMILES string of the molecule is CCN(CC(C)(C)O)c1cnc(C(C)C)nc1C(=O)O. The number of aliphatic hydroxyl groups is 1. The Morgan fingerprint density at radius 1 is 1.45 bits per heavy atom. The third kappa shape index (κ3) is 4.16. The predicted molar refractivity (Wildman–Crippen MR) is 77.3 cm³/mol. The molecule has 0 fully saturated rings. The van der Waals surface area contributed by atoms with Crippen LogP contribution in [0.2, 0.25) is 0 Å². The zero-order valence-corrected chi connectivity index (χ0v) is 12.7. The molecule has 0 atom stereocenters. The Labute approximate surface area is 119 Å². The minimum atomic E-state index is -1.08. The largest absolute Gasteiger partial charge is 0.476 e. The van der Waals surface area contributed by atoms with Crippen LogP contribution in [0.3, 0.4) is 0 Å². The number of carbonyl (C=O) groups is 1. The molecule has 0 spiro atoms. The minimum Gasteiger partial charge on any atom is -0.476 e. The van der Waals surface area contributed by atoms with Crippen molar-refractivity contribution in [1.29, 1.82) is 0 Å². The molecule has 1 heterocycles. The normalized spacial score (nSPS) is 11.8. The van der Waals surface area contributed by atoms with Gasteiger partial charge in [-0.05, 0) is 20.8 Å². The Morgan fingerprint density at radius 2 is 2.05 bits per heavy atom. The smallest absolute Gasteiger partial charge is 0.356 e. The van der Waals surface area contributed by atoms with E-state index in [4.69, 9.17) is 0 Å². The highest BCUT2D eigenvalue weighted by Gasteiger charge is 2.23. The van der Waals surface area contributed by atoms with Crippen molar-refractivity contribution < 1.29 is 15.0 Å². The van der Waals surface area contributed by atoms with E-state index in [1.54, 1.807) is 18.7 Å². The molecule has 0 saturated heterocycles. The van der Waals surface area contributed by atoms with E-state index in [1.165, 1.54) is 6.20 Å². The van der Waals surface area contributed by atoms with E-state index < -0.39 is 11.6 Å². The lowest BCUT2D eigenvalue weighted by atomic mass is 10.1. The number of hydrogen-bond donors (Lipinski definition) is 2. The molecule has 0 bridgehead atoms. The topological polar surface area (TPSA) is 86.5 Å². The molecule has 0 radical (unpaired) electrons. The van der Waals surface area contributed by atoms with Crippen LogP contribution >= 0.6 is 0 Å². The van der Waals surface area contributed by atoms with E-state index in [9.17, 15) is 15.0 Å². The first-order valence-corrected chi connectivity index (χ1v) is 6.73. The highest BCUT2D eigenvalue weighted by Crippen LogP contribution is 2.22. The van der Waals surface area contributed by atoms with Crippen molar-refractivity contribution in [3.05, 3.63) is 17.7 Å². The van der Waals surface area contributed by atoms with Gasteiger partial charge in [0, 0.05) is 19.0 Å². The van der Waals surface area contributed by atoms with Crippen molar-refractivity contribution in [2.45, 2.75) is 46.1 Å². The van der Waals surface area contributed by atoms with Gasteiger partial charge in [-0.1, -0.05) is 13.8 Å². The summed E-state index contributed by atoms with van der Waals surface area (Å²) in [7, 11) is 0. The van der Waals surface area contributed by atoms with Crippen LogP contribution in [-0.2, 0) is 0 Å². The van der Waals surface area contributed by atoms with Gasteiger partial charge in [-0.2, -0.15) is 0 Å². The van der Waals surface area contributed by atoms with E-state index >= 15 is 0 Å². The van der Waals surface area contributed by atoms with Crippen LogP contribution < -0.4 is 4.90 Å². The average Bonchev–Trinajstić information content (AvgIpc) is 2.34. The second-order valence-corrected chi connectivity index (χ2v) is 5.75. The summed E-state index contributed by atoms with van der Waals surface area (Å²) in [5, 5.41) is 19.3.